The number of methoxy groups -OCH3 is 1. The van der Waals surface area contributed by atoms with Crippen LogP contribution in [-0.4, -0.2) is 11.7 Å². The van der Waals surface area contributed by atoms with Crippen LogP contribution in [0.15, 0.2) is 52.4 Å². The molecule has 0 saturated heterocycles. The van der Waals surface area contributed by atoms with Crippen LogP contribution in [0.4, 0.5) is 0 Å². The van der Waals surface area contributed by atoms with Crippen molar-refractivity contribution in [2.45, 2.75) is 16.8 Å². The fraction of sp³-hybridized carbons (Fsp3) is 0.176. The van der Waals surface area contributed by atoms with E-state index < -0.39 is 0 Å². The van der Waals surface area contributed by atoms with Gasteiger partial charge < -0.3 is 9.30 Å². The number of aromatic nitrogens is 1. The maximum absolute atomic E-state index is 6.21. The average Bonchev–Trinajstić information content (AvgIpc) is 2.73. The molecule has 3 aromatic rings. The van der Waals surface area contributed by atoms with Crippen molar-refractivity contribution in [2.24, 2.45) is 7.05 Å². The largest absolute Gasteiger partial charge is 0.494 e. The lowest BCUT2D eigenvalue weighted by molar-refractivity contribution is 0.405. The molecule has 0 radical (unpaired) electrons. The lowest BCUT2D eigenvalue weighted by Crippen LogP contribution is -1.92. The first kappa shape index (κ1) is 14.4. The number of hydrogen-bond donors (Lipinski definition) is 0. The van der Waals surface area contributed by atoms with Crippen LogP contribution >= 0.6 is 23.4 Å². The van der Waals surface area contributed by atoms with Crippen molar-refractivity contribution in [1.82, 2.24) is 4.57 Å². The van der Waals surface area contributed by atoms with E-state index in [0.717, 1.165) is 10.6 Å². The molecular weight excluding hydrogens is 302 g/mol. The van der Waals surface area contributed by atoms with Gasteiger partial charge >= 0.3 is 0 Å². The van der Waals surface area contributed by atoms with E-state index in [1.165, 1.54) is 21.5 Å². The Morgan fingerprint density at radius 3 is 2.57 bits per heavy atom. The summed E-state index contributed by atoms with van der Waals surface area (Å²) in [4.78, 5) is 1.03. The molecular formula is C17H16ClNOS. The molecule has 2 nitrogen and oxygen atoms in total. The zero-order valence-electron chi connectivity index (χ0n) is 12.2. The van der Waals surface area contributed by atoms with Crippen LogP contribution in [0.3, 0.4) is 0 Å². The summed E-state index contributed by atoms with van der Waals surface area (Å²) in [6.45, 7) is 2.15. The van der Waals surface area contributed by atoms with E-state index in [1.807, 2.05) is 18.2 Å². The first-order chi connectivity index (χ1) is 10.1. The van der Waals surface area contributed by atoms with Gasteiger partial charge in [0.05, 0.1) is 22.1 Å². The minimum Gasteiger partial charge on any atom is -0.494 e. The first-order valence-corrected chi connectivity index (χ1v) is 7.87. The van der Waals surface area contributed by atoms with Gasteiger partial charge in [-0.1, -0.05) is 47.6 Å². The topological polar surface area (TPSA) is 14.2 Å². The molecule has 0 unspecified atom stereocenters. The number of hydrogen-bond acceptors (Lipinski definition) is 2. The fourth-order valence-electron chi connectivity index (χ4n) is 2.58. The molecule has 0 fully saturated rings. The summed E-state index contributed by atoms with van der Waals surface area (Å²) in [6.07, 6.45) is 0. The third-order valence-electron chi connectivity index (χ3n) is 3.64. The van der Waals surface area contributed by atoms with Gasteiger partial charge in [-0.15, -0.1) is 0 Å². The highest BCUT2D eigenvalue weighted by Crippen LogP contribution is 2.42. The molecule has 0 bridgehead atoms. The number of ether oxygens (including phenoxy) is 1. The van der Waals surface area contributed by atoms with Gasteiger partial charge in [0.2, 0.25) is 0 Å². The molecule has 108 valence electrons. The second-order valence-electron chi connectivity index (χ2n) is 4.88. The molecule has 4 heteroatoms. The number of aryl methyl sites for hydroxylation is 2. The zero-order chi connectivity index (χ0) is 15.0. The van der Waals surface area contributed by atoms with Gasteiger partial charge in [-0.2, -0.15) is 0 Å². The molecule has 21 heavy (non-hydrogen) atoms. The van der Waals surface area contributed by atoms with Gasteiger partial charge in [0, 0.05) is 18.0 Å². The molecule has 0 spiro atoms. The van der Waals surface area contributed by atoms with Crippen molar-refractivity contribution < 1.29 is 4.74 Å². The number of benzene rings is 2. The second kappa shape index (κ2) is 5.66. The van der Waals surface area contributed by atoms with Crippen LogP contribution in [0, 0.1) is 6.92 Å². The fourth-order valence-corrected chi connectivity index (χ4v) is 4.02. The Kier molecular flexibility index (Phi) is 3.87. The third-order valence-corrected chi connectivity index (χ3v) is 5.25. The van der Waals surface area contributed by atoms with Crippen LogP contribution in [0.2, 0.25) is 5.02 Å². The molecule has 1 aromatic heterocycles. The molecule has 0 aliphatic heterocycles. The highest BCUT2D eigenvalue weighted by molar-refractivity contribution is 7.99. The molecule has 0 aliphatic rings. The summed E-state index contributed by atoms with van der Waals surface area (Å²) >= 11 is 7.89. The summed E-state index contributed by atoms with van der Waals surface area (Å²) < 4.78 is 7.66. The normalized spacial score (nSPS) is 11.0. The standard InChI is InChI=1S/C17H16ClNOS/c1-11-12-7-4-5-9-14(12)19(2)17(11)21-15-10-6-8-13(18)16(15)20-3/h4-10H,1-3H3. The Morgan fingerprint density at radius 2 is 1.86 bits per heavy atom. The highest BCUT2D eigenvalue weighted by atomic mass is 35.5. The lowest BCUT2D eigenvalue weighted by atomic mass is 10.2. The molecule has 0 N–H and O–H groups in total. The van der Waals surface area contributed by atoms with Crippen LogP contribution in [0.1, 0.15) is 5.56 Å². The number of fused-ring (bicyclic) bond motifs is 1. The van der Waals surface area contributed by atoms with Crippen LogP contribution < -0.4 is 4.74 Å². The van der Waals surface area contributed by atoms with E-state index in [0.29, 0.717) is 5.02 Å². The highest BCUT2D eigenvalue weighted by Gasteiger charge is 2.15. The quantitative estimate of drug-likeness (QED) is 0.650. The average molecular weight is 318 g/mol. The van der Waals surface area contributed by atoms with Crippen LogP contribution in [0.5, 0.6) is 5.75 Å². The maximum atomic E-state index is 6.21. The molecule has 2 aromatic carbocycles. The molecule has 3 rings (SSSR count). The van der Waals surface area contributed by atoms with E-state index in [4.69, 9.17) is 16.3 Å². The Balaban J connectivity index is 2.13. The van der Waals surface area contributed by atoms with E-state index in [1.54, 1.807) is 18.9 Å². The first-order valence-electron chi connectivity index (χ1n) is 6.68. The summed E-state index contributed by atoms with van der Waals surface area (Å²) in [5.41, 5.74) is 2.51. The van der Waals surface area contributed by atoms with Crippen molar-refractivity contribution in [3.63, 3.8) is 0 Å². The number of rotatable bonds is 3. The summed E-state index contributed by atoms with van der Waals surface area (Å²) in [7, 11) is 3.74. The van der Waals surface area contributed by atoms with Crippen molar-refractivity contribution in [3.8, 4) is 5.75 Å². The van der Waals surface area contributed by atoms with Crippen molar-refractivity contribution in [2.75, 3.05) is 7.11 Å². The summed E-state index contributed by atoms with van der Waals surface area (Å²) in [5, 5.41) is 3.12. The minimum absolute atomic E-state index is 0.638. The SMILES string of the molecule is COc1c(Cl)cccc1Sc1c(C)c2ccccc2n1C. The van der Waals surface area contributed by atoms with Crippen molar-refractivity contribution in [1.29, 1.82) is 0 Å². The zero-order valence-corrected chi connectivity index (χ0v) is 13.8. The van der Waals surface area contributed by atoms with Gasteiger partial charge in [-0.05, 0) is 30.7 Å². The predicted molar refractivity (Wildman–Crippen MR) is 89.8 cm³/mol. The second-order valence-corrected chi connectivity index (χ2v) is 6.32. The number of nitrogens with zero attached hydrogens (tertiary/aromatic N) is 1. The molecule has 1 heterocycles. The monoisotopic (exact) mass is 317 g/mol. The van der Waals surface area contributed by atoms with Crippen molar-refractivity contribution in [3.05, 3.63) is 53.1 Å². The van der Waals surface area contributed by atoms with Crippen LogP contribution in [0.25, 0.3) is 10.9 Å². The Labute approximate surface area is 133 Å². The molecule has 0 saturated carbocycles. The summed E-state index contributed by atoms with van der Waals surface area (Å²) in [6, 6.07) is 14.3. The van der Waals surface area contributed by atoms with E-state index in [-0.39, 0.29) is 0 Å². The summed E-state index contributed by atoms with van der Waals surface area (Å²) in [5.74, 6) is 0.730. The van der Waals surface area contributed by atoms with Gasteiger partial charge in [-0.3, -0.25) is 0 Å². The van der Waals surface area contributed by atoms with Gasteiger partial charge in [-0.25, -0.2) is 0 Å². The van der Waals surface area contributed by atoms with Gasteiger partial charge in [0.1, 0.15) is 0 Å². The predicted octanol–water partition coefficient (Wildman–Crippen LogP) is 5.30. The van der Waals surface area contributed by atoms with E-state index in [2.05, 4.69) is 42.8 Å². The van der Waals surface area contributed by atoms with Crippen LogP contribution in [-0.2, 0) is 7.05 Å². The molecule has 0 amide bonds. The van der Waals surface area contributed by atoms with Crippen molar-refractivity contribution >= 4 is 34.3 Å². The Hall–Kier alpha value is -1.58. The Morgan fingerprint density at radius 1 is 1.10 bits per heavy atom. The minimum atomic E-state index is 0.638. The van der Waals surface area contributed by atoms with E-state index in [9.17, 15) is 0 Å². The number of halogens is 1. The lowest BCUT2D eigenvalue weighted by Gasteiger charge is -2.11. The number of para-hydroxylation sites is 2. The Bertz CT molecular complexity index is 771. The van der Waals surface area contributed by atoms with E-state index >= 15 is 0 Å². The van der Waals surface area contributed by atoms with Gasteiger partial charge in [0.15, 0.2) is 5.75 Å². The third kappa shape index (κ3) is 2.41. The maximum Gasteiger partial charge on any atom is 0.151 e. The molecule has 0 atom stereocenters. The molecule has 0 aliphatic carbocycles. The van der Waals surface area contributed by atoms with Gasteiger partial charge in [0.25, 0.3) is 0 Å². The smallest absolute Gasteiger partial charge is 0.151 e.